The summed E-state index contributed by atoms with van der Waals surface area (Å²) in [5.41, 5.74) is 3.17. The number of piperidine rings is 1. The monoisotopic (exact) mass is 449 g/mol. The van der Waals surface area contributed by atoms with E-state index in [1.807, 2.05) is 24.3 Å². The zero-order valence-corrected chi connectivity index (χ0v) is 19.1. The zero-order chi connectivity index (χ0) is 21.1. The van der Waals surface area contributed by atoms with Crippen LogP contribution in [0.3, 0.4) is 0 Å². The Morgan fingerprint density at radius 3 is 2.60 bits per heavy atom. The minimum atomic E-state index is -3.46. The third-order valence-corrected chi connectivity index (χ3v) is 9.15. The van der Waals surface area contributed by atoms with E-state index in [4.69, 9.17) is 11.6 Å². The standard InChI is InChI=1S/C23H32ClN3O2S/c1-2-23(21-4-3-20-16-22(24)6-5-19(20)15-21)30(28,29)27-13-11-26(12-14-27)17-18-7-9-25-10-8-18/h2,5-6,15-16,18,23,25H,1,3-4,7-14,17H2. The van der Waals surface area contributed by atoms with Crippen molar-refractivity contribution < 1.29 is 8.42 Å². The number of fused-ring (bicyclic) bond motifs is 1. The molecule has 164 valence electrons. The number of aryl methyl sites for hydroxylation is 1. The van der Waals surface area contributed by atoms with Gasteiger partial charge in [0.15, 0.2) is 0 Å². The molecule has 0 amide bonds. The minimum Gasteiger partial charge on any atom is -0.317 e. The van der Waals surface area contributed by atoms with Crippen LogP contribution < -0.4 is 5.32 Å². The SMILES string of the molecule is C=CC(C1=Cc2ccc(Cl)cc2CC1)S(=O)(=O)N1CCN(CC2CCNCC2)CC1. The van der Waals surface area contributed by atoms with Crippen molar-refractivity contribution in [2.45, 2.75) is 30.9 Å². The molecule has 30 heavy (non-hydrogen) atoms. The molecule has 1 N–H and O–H groups in total. The number of halogens is 1. The highest BCUT2D eigenvalue weighted by Crippen LogP contribution is 2.32. The van der Waals surface area contributed by atoms with Gasteiger partial charge in [-0.1, -0.05) is 29.8 Å². The van der Waals surface area contributed by atoms with Crippen LogP contribution >= 0.6 is 11.6 Å². The van der Waals surface area contributed by atoms with E-state index >= 15 is 0 Å². The van der Waals surface area contributed by atoms with Crippen LogP contribution in [0.4, 0.5) is 0 Å². The molecule has 0 spiro atoms. The van der Waals surface area contributed by atoms with E-state index < -0.39 is 15.3 Å². The van der Waals surface area contributed by atoms with Crippen LogP contribution in [0.5, 0.6) is 0 Å². The molecule has 0 saturated carbocycles. The normalized spacial score (nSPS) is 22.9. The predicted octanol–water partition coefficient (Wildman–Crippen LogP) is 3.17. The van der Waals surface area contributed by atoms with E-state index in [2.05, 4.69) is 16.8 Å². The Labute approximate surface area is 185 Å². The van der Waals surface area contributed by atoms with E-state index in [1.165, 1.54) is 18.4 Å². The van der Waals surface area contributed by atoms with Gasteiger partial charge in [0.1, 0.15) is 5.25 Å². The second kappa shape index (κ2) is 9.53. The van der Waals surface area contributed by atoms with Crippen molar-refractivity contribution in [2.75, 3.05) is 45.8 Å². The van der Waals surface area contributed by atoms with Crippen molar-refractivity contribution in [3.8, 4) is 0 Å². The summed E-state index contributed by atoms with van der Waals surface area (Å²) in [7, 11) is -3.46. The topological polar surface area (TPSA) is 52.7 Å². The van der Waals surface area contributed by atoms with Crippen molar-refractivity contribution in [1.29, 1.82) is 0 Å². The molecule has 1 atom stereocenters. The Bertz CT molecular complexity index is 901. The number of nitrogens with one attached hydrogen (secondary N) is 1. The highest BCUT2D eigenvalue weighted by molar-refractivity contribution is 7.90. The van der Waals surface area contributed by atoms with E-state index in [9.17, 15) is 8.42 Å². The predicted molar refractivity (Wildman–Crippen MR) is 124 cm³/mol. The number of benzene rings is 1. The average Bonchev–Trinajstić information content (AvgIpc) is 2.75. The second-order valence-corrected chi connectivity index (χ2v) is 11.1. The number of sulfonamides is 1. The van der Waals surface area contributed by atoms with Crippen LogP contribution in [-0.2, 0) is 16.4 Å². The van der Waals surface area contributed by atoms with Gasteiger partial charge < -0.3 is 10.2 Å². The number of hydrogen-bond donors (Lipinski definition) is 1. The Balaban J connectivity index is 1.42. The molecule has 0 radical (unpaired) electrons. The molecule has 2 fully saturated rings. The van der Waals surface area contributed by atoms with Gasteiger partial charge in [-0.25, -0.2) is 8.42 Å². The van der Waals surface area contributed by atoms with Crippen LogP contribution in [0.1, 0.15) is 30.4 Å². The summed E-state index contributed by atoms with van der Waals surface area (Å²) >= 11 is 6.10. The Kier molecular flexibility index (Phi) is 7.00. The van der Waals surface area contributed by atoms with Gasteiger partial charge in [0.2, 0.25) is 10.0 Å². The molecule has 1 unspecified atom stereocenters. The molecule has 3 aliphatic rings. The molecule has 2 heterocycles. The summed E-state index contributed by atoms with van der Waals surface area (Å²) in [4.78, 5) is 2.44. The van der Waals surface area contributed by atoms with Crippen LogP contribution in [0.25, 0.3) is 6.08 Å². The highest BCUT2D eigenvalue weighted by Gasteiger charge is 2.35. The lowest BCUT2D eigenvalue weighted by Crippen LogP contribution is -2.52. The summed E-state index contributed by atoms with van der Waals surface area (Å²) in [5.74, 6) is 0.733. The molecule has 2 saturated heterocycles. The van der Waals surface area contributed by atoms with Crippen molar-refractivity contribution >= 4 is 27.7 Å². The largest absolute Gasteiger partial charge is 0.317 e. The maximum atomic E-state index is 13.4. The third kappa shape index (κ3) is 4.83. The molecular weight excluding hydrogens is 418 g/mol. The summed E-state index contributed by atoms with van der Waals surface area (Å²) in [5, 5.41) is 3.48. The zero-order valence-electron chi connectivity index (χ0n) is 17.5. The first kappa shape index (κ1) is 22.0. The fraction of sp³-hybridized carbons (Fsp3) is 0.565. The van der Waals surface area contributed by atoms with Crippen LogP contribution in [0, 0.1) is 5.92 Å². The van der Waals surface area contributed by atoms with E-state index in [-0.39, 0.29) is 0 Å². The molecule has 7 heteroatoms. The maximum Gasteiger partial charge on any atom is 0.224 e. The van der Waals surface area contributed by atoms with Gasteiger partial charge in [-0.2, -0.15) is 4.31 Å². The Morgan fingerprint density at radius 1 is 1.17 bits per heavy atom. The average molecular weight is 450 g/mol. The Hall–Kier alpha value is -1.18. The Morgan fingerprint density at radius 2 is 1.90 bits per heavy atom. The molecule has 5 nitrogen and oxygen atoms in total. The minimum absolute atomic E-state index is 0.567. The summed E-state index contributed by atoms with van der Waals surface area (Å²) in [6.45, 7) is 9.93. The first-order valence-corrected chi connectivity index (χ1v) is 12.9. The number of hydrogen-bond acceptors (Lipinski definition) is 4. The van der Waals surface area contributed by atoms with Crippen molar-refractivity contribution in [2.24, 2.45) is 5.92 Å². The lowest BCUT2D eigenvalue weighted by molar-refractivity contribution is 0.152. The maximum absolute atomic E-state index is 13.4. The van der Waals surface area contributed by atoms with Crippen LogP contribution in [0.15, 0.2) is 36.4 Å². The summed E-state index contributed by atoms with van der Waals surface area (Å²) < 4.78 is 28.6. The third-order valence-electron chi connectivity index (χ3n) is 6.70. The highest BCUT2D eigenvalue weighted by atomic mass is 35.5. The second-order valence-electron chi connectivity index (χ2n) is 8.66. The first-order chi connectivity index (χ1) is 14.5. The van der Waals surface area contributed by atoms with E-state index in [0.29, 0.717) is 13.1 Å². The number of piperazine rings is 1. The van der Waals surface area contributed by atoms with Crippen LogP contribution in [0.2, 0.25) is 5.02 Å². The van der Waals surface area contributed by atoms with Gasteiger partial charge in [-0.15, -0.1) is 6.58 Å². The van der Waals surface area contributed by atoms with Gasteiger partial charge in [0.05, 0.1) is 0 Å². The molecule has 4 rings (SSSR count). The molecule has 2 aliphatic heterocycles. The van der Waals surface area contributed by atoms with Crippen molar-refractivity contribution in [1.82, 2.24) is 14.5 Å². The van der Waals surface area contributed by atoms with Gasteiger partial charge in [0.25, 0.3) is 0 Å². The lowest BCUT2D eigenvalue weighted by Gasteiger charge is -2.38. The van der Waals surface area contributed by atoms with Crippen molar-refractivity contribution in [3.05, 3.63) is 52.6 Å². The van der Waals surface area contributed by atoms with Crippen molar-refractivity contribution in [3.63, 3.8) is 0 Å². The van der Waals surface area contributed by atoms with Crippen LogP contribution in [-0.4, -0.2) is 68.7 Å². The smallest absolute Gasteiger partial charge is 0.224 e. The summed E-state index contributed by atoms with van der Waals surface area (Å²) in [6, 6.07) is 5.81. The molecule has 1 aromatic carbocycles. The molecule has 0 bridgehead atoms. The van der Waals surface area contributed by atoms with E-state index in [1.54, 1.807) is 10.4 Å². The molecular formula is C23H32ClN3O2S. The van der Waals surface area contributed by atoms with Gasteiger partial charge >= 0.3 is 0 Å². The summed E-state index contributed by atoms with van der Waals surface area (Å²) in [6.07, 6.45) is 7.59. The molecule has 1 aromatic rings. The fourth-order valence-corrected chi connectivity index (χ4v) is 6.93. The van der Waals surface area contributed by atoms with Gasteiger partial charge in [-0.3, -0.25) is 0 Å². The van der Waals surface area contributed by atoms with Gasteiger partial charge in [-0.05, 0) is 73.5 Å². The lowest BCUT2D eigenvalue weighted by atomic mass is 9.90. The fourth-order valence-electron chi connectivity index (χ4n) is 4.93. The molecule has 0 aromatic heterocycles. The van der Waals surface area contributed by atoms with E-state index in [0.717, 1.165) is 67.6 Å². The quantitative estimate of drug-likeness (QED) is 0.678. The number of nitrogens with zero attached hydrogens (tertiary/aromatic N) is 2. The van der Waals surface area contributed by atoms with Gasteiger partial charge in [0, 0.05) is 37.7 Å². The first-order valence-electron chi connectivity index (χ1n) is 11.0. The molecule has 1 aliphatic carbocycles. The number of rotatable bonds is 6.